The molecule has 0 aliphatic carbocycles. The molecule has 0 saturated carbocycles. The topological polar surface area (TPSA) is 69.7 Å². The number of amides is 1. The first-order valence-electron chi connectivity index (χ1n) is 10.3. The van der Waals surface area contributed by atoms with E-state index < -0.39 is 6.61 Å². The molecule has 33 heavy (non-hydrogen) atoms. The molecule has 2 aromatic rings. The second-order valence-corrected chi connectivity index (χ2v) is 7.31. The Hall–Kier alpha value is -3.27. The summed E-state index contributed by atoms with van der Waals surface area (Å²) in [7, 11) is 6.06. The Morgan fingerprint density at radius 3 is 2.06 bits per heavy atom. The van der Waals surface area contributed by atoms with Gasteiger partial charge in [0.05, 0.1) is 28.4 Å². The predicted octanol–water partition coefficient (Wildman–Crippen LogP) is 3.28. The van der Waals surface area contributed by atoms with Crippen molar-refractivity contribution in [3.8, 4) is 28.7 Å². The van der Waals surface area contributed by atoms with Crippen molar-refractivity contribution in [2.45, 2.75) is 13.2 Å². The molecule has 1 aliphatic heterocycles. The molecule has 2 aromatic carbocycles. The average molecular weight is 466 g/mol. The van der Waals surface area contributed by atoms with E-state index in [4.69, 9.17) is 18.9 Å². The second kappa shape index (κ2) is 11.0. The number of alkyl halides is 2. The number of hydrogen-bond donors (Lipinski definition) is 0. The molecule has 1 amide bonds. The fraction of sp³-hybridized carbons (Fsp3) is 0.435. The van der Waals surface area contributed by atoms with E-state index in [1.165, 1.54) is 19.2 Å². The molecule has 0 radical (unpaired) electrons. The van der Waals surface area contributed by atoms with Crippen LogP contribution in [0.15, 0.2) is 30.3 Å². The summed E-state index contributed by atoms with van der Waals surface area (Å²) in [6.45, 7) is -0.141. The van der Waals surface area contributed by atoms with Gasteiger partial charge in [0.15, 0.2) is 23.0 Å². The van der Waals surface area contributed by atoms with Crippen molar-refractivity contribution in [2.75, 3.05) is 54.6 Å². The molecule has 0 N–H and O–H groups in total. The summed E-state index contributed by atoms with van der Waals surface area (Å²) in [6.07, 6.45) is 0. The Kier molecular flexibility index (Phi) is 8.16. The number of hydrogen-bond acceptors (Lipinski definition) is 7. The molecule has 0 spiro atoms. The minimum atomic E-state index is -3.01. The van der Waals surface area contributed by atoms with Crippen LogP contribution in [0.25, 0.3) is 0 Å². The fourth-order valence-corrected chi connectivity index (χ4v) is 3.82. The van der Waals surface area contributed by atoms with Crippen LogP contribution in [0.3, 0.4) is 0 Å². The van der Waals surface area contributed by atoms with Crippen molar-refractivity contribution in [3.63, 3.8) is 0 Å². The van der Waals surface area contributed by atoms with E-state index in [1.54, 1.807) is 32.3 Å². The van der Waals surface area contributed by atoms with Gasteiger partial charge < -0.3 is 28.6 Å². The van der Waals surface area contributed by atoms with E-state index in [0.29, 0.717) is 50.0 Å². The summed E-state index contributed by atoms with van der Waals surface area (Å²) in [5, 5.41) is 0. The van der Waals surface area contributed by atoms with Crippen LogP contribution in [0, 0.1) is 0 Å². The van der Waals surface area contributed by atoms with Crippen molar-refractivity contribution < 1.29 is 37.3 Å². The fourth-order valence-electron chi connectivity index (χ4n) is 3.82. The lowest BCUT2D eigenvalue weighted by Crippen LogP contribution is -2.48. The number of rotatable bonds is 9. The van der Waals surface area contributed by atoms with Crippen LogP contribution < -0.4 is 23.7 Å². The van der Waals surface area contributed by atoms with E-state index in [-0.39, 0.29) is 23.0 Å². The first-order valence-corrected chi connectivity index (χ1v) is 10.3. The van der Waals surface area contributed by atoms with E-state index in [2.05, 4.69) is 9.64 Å². The van der Waals surface area contributed by atoms with Crippen molar-refractivity contribution in [1.82, 2.24) is 9.80 Å². The highest BCUT2D eigenvalue weighted by Gasteiger charge is 2.25. The van der Waals surface area contributed by atoms with E-state index >= 15 is 0 Å². The number of carbonyl (C=O) groups excluding carboxylic acids is 1. The summed E-state index contributed by atoms with van der Waals surface area (Å²) in [6, 6.07) is 8.04. The maximum atomic E-state index is 12.9. The van der Waals surface area contributed by atoms with Crippen molar-refractivity contribution in [2.24, 2.45) is 0 Å². The lowest BCUT2D eigenvalue weighted by molar-refractivity contribution is -0.0512. The first kappa shape index (κ1) is 24.4. The Balaban J connectivity index is 1.66. The summed E-state index contributed by atoms with van der Waals surface area (Å²) in [5.41, 5.74) is 1.21. The standard InChI is InChI=1S/C23H28F2N2O6/c1-29-17-7-5-15(13-19(17)33-23(24)25)22(28)27-11-9-26(10-12-27)14-16-6-8-18(30-2)21(32-4)20(16)31-3/h5-8,13,23H,9-12,14H2,1-4H3. The number of piperazine rings is 1. The smallest absolute Gasteiger partial charge is 0.387 e. The van der Waals surface area contributed by atoms with Crippen LogP contribution in [-0.2, 0) is 6.54 Å². The van der Waals surface area contributed by atoms with Crippen LogP contribution in [0.5, 0.6) is 28.7 Å². The first-order chi connectivity index (χ1) is 15.9. The molecule has 1 saturated heterocycles. The third kappa shape index (κ3) is 5.57. The van der Waals surface area contributed by atoms with Crippen LogP contribution in [0.4, 0.5) is 8.78 Å². The molecule has 10 heteroatoms. The Bertz CT molecular complexity index is 964. The predicted molar refractivity (Wildman–Crippen MR) is 117 cm³/mol. The number of benzene rings is 2. The van der Waals surface area contributed by atoms with Crippen molar-refractivity contribution >= 4 is 5.91 Å². The monoisotopic (exact) mass is 466 g/mol. The van der Waals surface area contributed by atoms with Gasteiger partial charge >= 0.3 is 6.61 Å². The van der Waals surface area contributed by atoms with Crippen LogP contribution in [0.2, 0.25) is 0 Å². The van der Waals surface area contributed by atoms with Gasteiger partial charge in [-0.3, -0.25) is 9.69 Å². The van der Waals surface area contributed by atoms with Gasteiger partial charge in [-0.2, -0.15) is 8.78 Å². The minimum absolute atomic E-state index is 0.139. The number of nitrogens with zero attached hydrogens (tertiary/aromatic N) is 2. The van der Waals surface area contributed by atoms with Gasteiger partial charge in [0.25, 0.3) is 5.91 Å². The third-order valence-electron chi connectivity index (χ3n) is 5.47. The van der Waals surface area contributed by atoms with Gasteiger partial charge in [0, 0.05) is 43.9 Å². The maximum Gasteiger partial charge on any atom is 0.387 e. The van der Waals surface area contributed by atoms with Gasteiger partial charge in [0.1, 0.15) is 0 Å². The zero-order valence-corrected chi connectivity index (χ0v) is 19.1. The van der Waals surface area contributed by atoms with E-state index in [0.717, 1.165) is 5.56 Å². The average Bonchev–Trinajstić information content (AvgIpc) is 2.83. The quantitative estimate of drug-likeness (QED) is 0.562. The van der Waals surface area contributed by atoms with Gasteiger partial charge in [0.2, 0.25) is 5.75 Å². The van der Waals surface area contributed by atoms with Crippen LogP contribution >= 0.6 is 0 Å². The SMILES string of the molecule is COc1ccc(C(=O)N2CCN(Cc3ccc(OC)c(OC)c3OC)CC2)cc1OC(F)F. The number of halogens is 2. The summed E-state index contributed by atoms with van der Waals surface area (Å²) >= 11 is 0. The highest BCUT2D eigenvalue weighted by molar-refractivity contribution is 5.95. The molecule has 1 aliphatic rings. The summed E-state index contributed by atoms with van der Waals surface area (Å²) < 4.78 is 51.2. The maximum absolute atomic E-state index is 12.9. The lowest BCUT2D eigenvalue weighted by Gasteiger charge is -2.35. The number of methoxy groups -OCH3 is 4. The van der Waals surface area contributed by atoms with Crippen LogP contribution in [0.1, 0.15) is 15.9 Å². The van der Waals surface area contributed by atoms with Gasteiger partial charge in [-0.15, -0.1) is 0 Å². The Morgan fingerprint density at radius 1 is 0.848 bits per heavy atom. The molecule has 1 heterocycles. The molecular weight excluding hydrogens is 438 g/mol. The number of ether oxygens (including phenoxy) is 5. The van der Waals surface area contributed by atoms with Gasteiger partial charge in [-0.1, -0.05) is 6.07 Å². The van der Waals surface area contributed by atoms with Crippen molar-refractivity contribution in [3.05, 3.63) is 41.5 Å². The highest BCUT2D eigenvalue weighted by Crippen LogP contribution is 2.40. The van der Waals surface area contributed by atoms with Gasteiger partial charge in [-0.25, -0.2) is 0 Å². The molecule has 3 rings (SSSR count). The van der Waals surface area contributed by atoms with Crippen molar-refractivity contribution in [1.29, 1.82) is 0 Å². The minimum Gasteiger partial charge on any atom is -0.493 e. The lowest BCUT2D eigenvalue weighted by atomic mass is 10.1. The molecule has 8 nitrogen and oxygen atoms in total. The molecule has 1 fully saturated rings. The van der Waals surface area contributed by atoms with E-state index in [1.807, 2.05) is 12.1 Å². The molecule has 0 aromatic heterocycles. The largest absolute Gasteiger partial charge is 0.493 e. The molecular formula is C23H28F2N2O6. The normalized spacial score (nSPS) is 14.2. The van der Waals surface area contributed by atoms with Crippen LogP contribution in [-0.4, -0.2) is 76.9 Å². The highest BCUT2D eigenvalue weighted by atomic mass is 19.3. The Morgan fingerprint density at radius 2 is 1.48 bits per heavy atom. The summed E-state index contributed by atoms with van der Waals surface area (Å²) in [5.74, 6) is 1.45. The Labute approximate surface area is 191 Å². The molecule has 0 bridgehead atoms. The molecule has 0 unspecified atom stereocenters. The third-order valence-corrected chi connectivity index (χ3v) is 5.47. The van der Waals surface area contributed by atoms with E-state index in [9.17, 15) is 13.6 Å². The zero-order chi connectivity index (χ0) is 24.0. The second-order valence-electron chi connectivity index (χ2n) is 7.31. The summed E-state index contributed by atoms with van der Waals surface area (Å²) in [4.78, 5) is 16.8. The number of carbonyl (C=O) groups is 1. The zero-order valence-electron chi connectivity index (χ0n) is 19.1. The molecule has 180 valence electrons. The van der Waals surface area contributed by atoms with Gasteiger partial charge in [-0.05, 0) is 24.3 Å². The molecule has 0 atom stereocenters.